The Morgan fingerprint density at radius 2 is 2.00 bits per heavy atom. The summed E-state index contributed by atoms with van der Waals surface area (Å²) in [6, 6.07) is 9.21. The Bertz CT molecular complexity index is 661. The molecule has 2 N–H and O–H groups in total. The number of hydrogen-bond acceptors (Lipinski definition) is 6. The normalized spacial score (nSPS) is 10.4. The lowest BCUT2D eigenvalue weighted by Crippen LogP contribution is -2.26. The summed E-state index contributed by atoms with van der Waals surface area (Å²) in [4.78, 5) is 23.7. The van der Waals surface area contributed by atoms with Crippen molar-refractivity contribution < 1.29 is 9.59 Å². The van der Waals surface area contributed by atoms with Gasteiger partial charge in [0, 0.05) is 18.0 Å². The zero-order valence-electron chi connectivity index (χ0n) is 13.4. The number of hydrogen-bond donors (Lipinski definition) is 2. The molecule has 24 heavy (non-hydrogen) atoms. The van der Waals surface area contributed by atoms with Gasteiger partial charge in [-0.15, -0.1) is 22.0 Å². The van der Waals surface area contributed by atoms with Gasteiger partial charge >= 0.3 is 0 Å². The van der Waals surface area contributed by atoms with Crippen LogP contribution in [0.1, 0.15) is 34.6 Å². The van der Waals surface area contributed by atoms with Crippen LogP contribution in [0.2, 0.25) is 0 Å². The average Bonchev–Trinajstić information content (AvgIpc) is 3.05. The molecule has 0 saturated carbocycles. The molecule has 0 atom stereocenters. The molecule has 2 rings (SSSR count). The van der Waals surface area contributed by atoms with E-state index in [9.17, 15) is 9.59 Å². The van der Waals surface area contributed by atoms with Crippen LogP contribution >= 0.6 is 23.1 Å². The maximum absolute atomic E-state index is 12.1. The first-order valence-electron chi connectivity index (χ1n) is 7.72. The molecular formula is C16H20N4O2S2. The lowest BCUT2D eigenvalue weighted by atomic mass is 10.3. The summed E-state index contributed by atoms with van der Waals surface area (Å²) in [5.74, 6) is 0.707. The number of rotatable bonds is 9. The van der Waals surface area contributed by atoms with Crippen molar-refractivity contribution in [1.29, 1.82) is 0 Å². The summed E-state index contributed by atoms with van der Waals surface area (Å²) >= 11 is 2.71. The first-order valence-corrected chi connectivity index (χ1v) is 9.69. The Hall–Kier alpha value is -1.93. The van der Waals surface area contributed by atoms with Crippen LogP contribution in [-0.4, -0.2) is 34.3 Å². The molecule has 8 heteroatoms. The molecule has 1 heterocycles. The van der Waals surface area contributed by atoms with Crippen molar-refractivity contribution >= 4 is 40.6 Å². The van der Waals surface area contributed by atoms with Crippen LogP contribution in [0.3, 0.4) is 0 Å². The standard InChI is InChI=1S/C16H20N4O2S2/c1-2-3-9-17-13(21)10-23-11-14-19-20-16(24-14)15(22)18-12-7-5-4-6-8-12/h4-8H,2-3,9-11H2,1H3,(H,17,21)(H,18,22). The fraction of sp³-hybridized carbons (Fsp3) is 0.375. The summed E-state index contributed by atoms with van der Waals surface area (Å²) in [6.07, 6.45) is 2.05. The Kier molecular flexibility index (Phi) is 7.70. The highest BCUT2D eigenvalue weighted by molar-refractivity contribution is 7.99. The van der Waals surface area contributed by atoms with E-state index in [-0.39, 0.29) is 11.8 Å². The van der Waals surface area contributed by atoms with Gasteiger partial charge in [0.1, 0.15) is 5.01 Å². The van der Waals surface area contributed by atoms with Crippen LogP contribution in [-0.2, 0) is 10.5 Å². The van der Waals surface area contributed by atoms with Crippen molar-refractivity contribution in [1.82, 2.24) is 15.5 Å². The topological polar surface area (TPSA) is 84.0 Å². The smallest absolute Gasteiger partial charge is 0.286 e. The van der Waals surface area contributed by atoms with Crippen molar-refractivity contribution in [3.63, 3.8) is 0 Å². The Balaban J connectivity index is 1.74. The van der Waals surface area contributed by atoms with Gasteiger partial charge in [0.2, 0.25) is 10.9 Å². The highest BCUT2D eigenvalue weighted by Gasteiger charge is 2.13. The fourth-order valence-corrected chi connectivity index (χ4v) is 3.43. The second kappa shape index (κ2) is 10.0. The minimum atomic E-state index is -0.271. The number of carbonyl (C=O) groups is 2. The molecule has 6 nitrogen and oxygen atoms in total. The molecular weight excluding hydrogens is 344 g/mol. The molecule has 0 bridgehead atoms. The van der Waals surface area contributed by atoms with Crippen molar-refractivity contribution in [2.24, 2.45) is 0 Å². The first-order chi connectivity index (χ1) is 11.7. The summed E-state index contributed by atoms with van der Waals surface area (Å²) in [5.41, 5.74) is 0.720. The van der Waals surface area contributed by atoms with E-state index in [1.807, 2.05) is 30.3 Å². The number of thioether (sulfide) groups is 1. The van der Waals surface area contributed by atoms with Crippen LogP contribution in [0, 0.1) is 0 Å². The highest BCUT2D eigenvalue weighted by Crippen LogP contribution is 2.18. The lowest BCUT2D eigenvalue weighted by molar-refractivity contribution is -0.118. The first kappa shape index (κ1) is 18.4. The van der Waals surface area contributed by atoms with Crippen LogP contribution in [0.5, 0.6) is 0 Å². The Morgan fingerprint density at radius 3 is 2.75 bits per heavy atom. The van der Waals surface area contributed by atoms with Gasteiger partial charge in [-0.2, -0.15) is 0 Å². The number of carbonyl (C=O) groups excluding carboxylic acids is 2. The zero-order chi connectivity index (χ0) is 17.2. The number of para-hydroxylation sites is 1. The van der Waals surface area contributed by atoms with Gasteiger partial charge in [-0.3, -0.25) is 9.59 Å². The fourth-order valence-electron chi connectivity index (χ4n) is 1.80. The molecule has 2 aromatic rings. The summed E-state index contributed by atoms with van der Waals surface area (Å²) in [6.45, 7) is 2.81. The highest BCUT2D eigenvalue weighted by atomic mass is 32.2. The maximum atomic E-state index is 12.1. The largest absolute Gasteiger partial charge is 0.355 e. The van der Waals surface area contributed by atoms with E-state index in [2.05, 4.69) is 27.8 Å². The molecule has 0 fully saturated rings. The van der Waals surface area contributed by atoms with Crippen molar-refractivity contribution in [3.8, 4) is 0 Å². The van der Waals surface area contributed by atoms with Crippen molar-refractivity contribution in [2.45, 2.75) is 25.5 Å². The molecule has 1 aromatic heterocycles. The number of aromatic nitrogens is 2. The third-order valence-corrected chi connectivity index (χ3v) is 5.05. The van der Waals surface area contributed by atoms with Crippen LogP contribution in [0.4, 0.5) is 5.69 Å². The van der Waals surface area contributed by atoms with E-state index < -0.39 is 0 Å². The van der Waals surface area contributed by atoms with Crippen molar-refractivity contribution in [2.75, 3.05) is 17.6 Å². The van der Waals surface area contributed by atoms with Crippen LogP contribution in [0.25, 0.3) is 0 Å². The monoisotopic (exact) mass is 364 g/mol. The SMILES string of the molecule is CCCCNC(=O)CSCc1nnc(C(=O)Nc2ccccc2)s1. The third kappa shape index (κ3) is 6.29. The number of unbranched alkanes of at least 4 members (excludes halogenated alkanes) is 1. The number of nitrogens with one attached hydrogen (secondary N) is 2. The number of amides is 2. The number of benzene rings is 1. The quantitative estimate of drug-likeness (QED) is 0.668. The van der Waals surface area contributed by atoms with E-state index in [0.717, 1.165) is 30.1 Å². The molecule has 2 amide bonds. The molecule has 0 aliphatic carbocycles. The molecule has 0 spiro atoms. The minimum absolute atomic E-state index is 0.0278. The van der Waals surface area contributed by atoms with E-state index in [1.165, 1.54) is 23.1 Å². The van der Waals surface area contributed by atoms with E-state index in [1.54, 1.807) is 0 Å². The van der Waals surface area contributed by atoms with Gasteiger partial charge in [-0.05, 0) is 18.6 Å². The average molecular weight is 364 g/mol. The minimum Gasteiger partial charge on any atom is -0.355 e. The van der Waals surface area contributed by atoms with Crippen LogP contribution < -0.4 is 10.6 Å². The van der Waals surface area contributed by atoms with E-state index >= 15 is 0 Å². The molecule has 0 aliphatic heterocycles. The van der Waals surface area contributed by atoms with Gasteiger partial charge < -0.3 is 10.6 Å². The lowest BCUT2D eigenvalue weighted by Gasteiger charge is -2.02. The van der Waals surface area contributed by atoms with E-state index in [0.29, 0.717) is 16.5 Å². The molecule has 1 aromatic carbocycles. The predicted octanol–water partition coefficient (Wildman–Crippen LogP) is 2.94. The molecule has 0 radical (unpaired) electrons. The van der Waals surface area contributed by atoms with Gasteiger partial charge in [-0.25, -0.2) is 0 Å². The second-order valence-corrected chi connectivity index (χ2v) is 7.07. The van der Waals surface area contributed by atoms with Gasteiger partial charge in [0.05, 0.1) is 5.75 Å². The zero-order valence-corrected chi connectivity index (χ0v) is 15.1. The van der Waals surface area contributed by atoms with Gasteiger partial charge in [0.15, 0.2) is 0 Å². The van der Waals surface area contributed by atoms with E-state index in [4.69, 9.17) is 0 Å². The number of anilines is 1. The summed E-state index contributed by atoms with van der Waals surface area (Å²) < 4.78 is 0. The molecule has 0 aliphatic rings. The molecule has 0 unspecified atom stereocenters. The third-order valence-electron chi connectivity index (χ3n) is 3.00. The summed E-state index contributed by atoms with van der Waals surface area (Å²) in [5, 5.41) is 14.6. The Labute approximate surface area is 149 Å². The molecule has 0 saturated heterocycles. The van der Waals surface area contributed by atoms with Gasteiger partial charge in [-0.1, -0.05) is 42.9 Å². The van der Waals surface area contributed by atoms with Crippen LogP contribution in [0.15, 0.2) is 30.3 Å². The maximum Gasteiger partial charge on any atom is 0.286 e. The number of nitrogens with zero attached hydrogens (tertiary/aromatic N) is 2. The summed E-state index contributed by atoms with van der Waals surface area (Å²) in [7, 11) is 0. The van der Waals surface area contributed by atoms with Gasteiger partial charge in [0.25, 0.3) is 5.91 Å². The second-order valence-electron chi connectivity index (χ2n) is 5.02. The predicted molar refractivity (Wildman–Crippen MR) is 98.4 cm³/mol. The molecule has 128 valence electrons. The van der Waals surface area contributed by atoms with Crippen molar-refractivity contribution in [3.05, 3.63) is 40.3 Å². The Morgan fingerprint density at radius 1 is 1.21 bits per heavy atom.